The van der Waals surface area contributed by atoms with Crippen molar-refractivity contribution in [3.05, 3.63) is 63.3 Å². The molecule has 27 heavy (non-hydrogen) atoms. The van der Waals surface area contributed by atoms with Crippen molar-refractivity contribution in [1.82, 2.24) is 5.32 Å². The van der Waals surface area contributed by atoms with Gasteiger partial charge in [0.2, 0.25) is 6.79 Å². The number of hydrogen-bond donors (Lipinski definition) is 1. The van der Waals surface area contributed by atoms with E-state index in [9.17, 15) is 14.9 Å². The number of nitro benzene ring substituents is 1. The van der Waals surface area contributed by atoms with Crippen LogP contribution in [0.15, 0.2) is 42.1 Å². The molecule has 8 nitrogen and oxygen atoms in total. The van der Waals surface area contributed by atoms with Crippen LogP contribution in [-0.2, 0) is 4.79 Å². The Morgan fingerprint density at radius 1 is 1.26 bits per heavy atom. The topological polar surface area (TPSA) is 93.9 Å². The number of fused-ring (bicyclic) bond motifs is 1. The molecule has 2 heterocycles. The van der Waals surface area contributed by atoms with Crippen LogP contribution in [0.3, 0.4) is 0 Å². The smallest absolute Gasteiger partial charge is 0.281 e. The maximum atomic E-state index is 12.8. The minimum absolute atomic E-state index is 0.00504. The van der Waals surface area contributed by atoms with E-state index >= 15 is 0 Å². The summed E-state index contributed by atoms with van der Waals surface area (Å²) in [5.41, 5.74) is 1.77. The van der Waals surface area contributed by atoms with E-state index in [0.717, 1.165) is 5.56 Å². The molecule has 0 unspecified atom stereocenters. The van der Waals surface area contributed by atoms with E-state index in [-0.39, 0.29) is 28.9 Å². The zero-order valence-corrected chi connectivity index (χ0v) is 14.9. The van der Waals surface area contributed by atoms with Gasteiger partial charge in [-0.25, -0.2) is 0 Å². The lowest BCUT2D eigenvalue weighted by atomic mass is 10.1. The number of ether oxygens (including phenoxy) is 2. The summed E-state index contributed by atoms with van der Waals surface area (Å²) < 4.78 is 10.5. The minimum Gasteiger partial charge on any atom is -0.454 e. The fraction of sp³-hybridized carbons (Fsp3) is 0.111. The summed E-state index contributed by atoms with van der Waals surface area (Å²) in [7, 11) is 0. The summed E-state index contributed by atoms with van der Waals surface area (Å²) in [6.45, 7) is 1.90. The summed E-state index contributed by atoms with van der Waals surface area (Å²) in [4.78, 5) is 25.0. The van der Waals surface area contributed by atoms with Crippen molar-refractivity contribution in [3.63, 3.8) is 0 Å². The number of nitrogens with zero attached hydrogens (tertiary/aromatic N) is 2. The second-order valence-corrected chi connectivity index (χ2v) is 6.38. The van der Waals surface area contributed by atoms with Gasteiger partial charge in [0, 0.05) is 0 Å². The second kappa shape index (κ2) is 6.36. The Kier molecular flexibility index (Phi) is 4.00. The summed E-state index contributed by atoms with van der Waals surface area (Å²) in [5.74, 6) is 0.292. The third kappa shape index (κ3) is 2.97. The molecule has 0 aliphatic carbocycles. The van der Waals surface area contributed by atoms with Crippen molar-refractivity contribution in [1.29, 1.82) is 0 Å². The second-order valence-electron chi connectivity index (χ2n) is 5.99. The summed E-state index contributed by atoms with van der Waals surface area (Å²) in [6.07, 6.45) is 1.39. The van der Waals surface area contributed by atoms with Crippen LogP contribution in [-0.4, -0.2) is 22.7 Å². The SMILES string of the molecule is Cc1cccc(N2C(=O)/C(=C\c3cc4c(cc3[N+](=O)[O-])OCO4)NC2=S)c1. The molecule has 1 saturated heterocycles. The van der Waals surface area contributed by atoms with Crippen LogP contribution in [0, 0.1) is 17.0 Å². The third-order valence-corrected chi connectivity index (χ3v) is 4.44. The highest BCUT2D eigenvalue weighted by molar-refractivity contribution is 7.80. The Bertz CT molecular complexity index is 1030. The number of thiocarbonyl (C=S) groups is 1. The first-order valence-electron chi connectivity index (χ1n) is 7.96. The lowest BCUT2D eigenvalue weighted by molar-refractivity contribution is -0.385. The lowest BCUT2D eigenvalue weighted by Crippen LogP contribution is -2.30. The maximum absolute atomic E-state index is 12.8. The highest BCUT2D eigenvalue weighted by Crippen LogP contribution is 2.39. The quantitative estimate of drug-likeness (QED) is 0.377. The number of nitrogens with one attached hydrogen (secondary N) is 1. The van der Waals surface area contributed by atoms with E-state index in [2.05, 4.69) is 5.32 Å². The van der Waals surface area contributed by atoms with Crippen LogP contribution >= 0.6 is 12.2 Å². The Labute approximate surface area is 159 Å². The summed E-state index contributed by atoms with van der Waals surface area (Å²) >= 11 is 5.27. The molecule has 0 atom stereocenters. The monoisotopic (exact) mass is 383 g/mol. The largest absolute Gasteiger partial charge is 0.454 e. The zero-order chi connectivity index (χ0) is 19.1. The number of carbonyl (C=O) groups excluding carboxylic acids is 1. The van der Waals surface area contributed by atoms with Crippen LogP contribution in [0.2, 0.25) is 0 Å². The normalized spacial score (nSPS) is 16.8. The average molecular weight is 383 g/mol. The first-order chi connectivity index (χ1) is 12.9. The molecule has 136 valence electrons. The molecular formula is C18H13N3O5S. The van der Waals surface area contributed by atoms with Crippen molar-refractivity contribution in [2.75, 3.05) is 11.7 Å². The van der Waals surface area contributed by atoms with Gasteiger partial charge in [-0.05, 0) is 49.0 Å². The van der Waals surface area contributed by atoms with Crippen LogP contribution in [0.1, 0.15) is 11.1 Å². The van der Waals surface area contributed by atoms with Gasteiger partial charge in [-0.2, -0.15) is 0 Å². The number of aryl methyl sites for hydroxylation is 1. The predicted molar refractivity (Wildman–Crippen MR) is 102 cm³/mol. The number of nitro groups is 1. The molecule has 2 aliphatic rings. The first kappa shape index (κ1) is 17.0. The van der Waals surface area contributed by atoms with E-state index in [1.807, 2.05) is 25.1 Å². The van der Waals surface area contributed by atoms with Gasteiger partial charge >= 0.3 is 0 Å². The van der Waals surface area contributed by atoms with Gasteiger partial charge in [-0.15, -0.1) is 0 Å². The molecule has 0 spiro atoms. The Balaban J connectivity index is 1.74. The Morgan fingerprint density at radius 2 is 2.00 bits per heavy atom. The van der Waals surface area contributed by atoms with Crippen LogP contribution in [0.5, 0.6) is 11.5 Å². The van der Waals surface area contributed by atoms with Crippen molar-refractivity contribution in [3.8, 4) is 11.5 Å². The van der Waals surface area contributed by atoms with Crippen molar-refractivity contribution >= 4 is 40.7 Å². The summed E-state index contributed by atoms with van der Waals surface area (Å²) in [6, 6.07) is 10.1. The van der Waals surface area contributed by atoms with Gasteiger partial charge in [-0.1, -0.05) is 12.1 Å². The van der Waals surface area contributed by atoms with Gasteiger partial charge in [0.05, 0.1) is 22.2 Å². The molecule has 0 bridgehead atoms. The molecule has 0 saturated carbocycles. The molecule has 9 heteroatoms. The Morgan fingerprint density at radius 3 is 2.70 bits per heavy atom. The predicted octanol–water partition coefficient (Wildman–Crippen LogP) is 2.89. The average Bonchev–Trinajstić information content (AvgIpc) is 3.18. The molecule has 2 aromatic rings. The van der Waals surface area contributed by atoms with Crippen molar-refractivity contribution < 1.29 is 19.2 Å². The van der Waals surface area contributed by atoms with E-state index < -0.39 is 10.8 Å². The highest BCUT2D eigenvalue weighted by atomic mass is 32.1. The molecule has 1 amide bonds. The molecule has 0 radical (unpaired) electrons. The Hall–Kier alpha value is -3.46. The van der Waals surface area contributed by atoms with Gasteiger partial charge in [0.1, 0.15) is 5.70 Å². The highest BCUT2D eigenvalue weighted by Gasteiger charge is 2.33. The van der Waals surface area contributed by atoms with E-state index in [4.69, 9.17) is 21.7 Å². The van der Waals surface area contributed by atoms with E-state index in [1.165, 1.54) is 23.1 Å². The number of rotatable bonds is 3. The van der Waals surface area contributed by atoms with Gasteiger partial charge in [0.15, 0.2) is 16.6 Å². The number of anilines is 1. The number of benzene rings is 2. The molecule has 2 aromatic carbocycles. The molecule has 2 aliphatic heterocycles. The molecule has 0 aromatic heterocycles. The number of carbonyl (C=O) groups is 1. The van der Waals surface area contributed by atoms with Gasteiger partial charge < -0.3 is 14.8 Å². The van der Waals surface area contributed by atoms with E-state index in [0.29, 0.717) is 17.2 Å². The molecule has 4 rings (SSSR count). The lowest BCUT2D eigenvalue weighted by Gasteiger charge is -2.14. The maximum Gasteiger partial charge on any atom is 0.281 e. The van der Waals surface area contributed by atoms with Crippen LogP contribution in [0.4, 0.5) is 11.4 Å². The van der Waals surface area contributed by atoms with Crippen molar-refractivity contribution in [2.45, 2.75) is 6.92 Å². The van der Waals surface area contributed by atoms with Gasteiger partial charge in [0.25, 0.3) is 11.6 Å². The standard InChI is InChI=1S/C18H13N3O5S/c1-10-3-2-4-12(5-10)20-17(22)13(19-18(20)27)6-11-7-15-16(26-9-25-15)8-14(11)21(23)24/h2-8H,9H2,1H3,(H,19,27)/b13-6+. The zero-order valence-electron chi connectivity index (χ0n) is 14.1. The number of hydrogen-bond acceptors (Lipinski definition) is 6. The third-order valence-electron chi connectivity index (χ3n) is 4.16. The summed E-state index contributed by atoms with van der Waals surface area (Å²) in [5, 5.41) is 14.4. The molecular weight excluding hydrogens is 370 g/mol. The fourth-order valence-corrected chi connectivity index (χ4v) is 3.21. The van der Waals surface area contributed by atoms with Crippen LogP contribution in [0.25, 0.3) is 6.08 Å². The van der Waals surface area contributed by atoms with Crippen LogP contribution < -0.4 is 19.7 Å². The van der Waals surface area contributed by atoms with Gasteiger partial charge in [-0.3, -0.25) is 19.8 Å². The molecule has 1 N–H and O–H groups in total. The number of amides is 1. The minimum atomic E-state index is -0.537. The van der Waals surface area contributed by atoms with E-state index in [1.54, 1.807) is 6.07 Å². The van der Waals surface area contributed by atoms with Crippen molar-refractivity contribution in [2.24, 2.45) is 0 Å². The fourth-order valence-electron chi connectivity index (χ4n) is 2.91. The molecule has 1 fully saturated rings. The first-order valence-corrected chi connectivity index (χ1v) is 8.37.